The third-order valence-electron chi connectivity index (χ3n) is 2.61. The topological polar surface area (TPSA) is 34.4 Å². The molecule has 3 aromatic rings. The lowest BCUT2D eigenvalue weighted by atomic mass is 10.2. The van der Waals surface area contributed by atoms with Crippen LogP contribution >= 0.6 is 11.3 Å². The number of hydrogen-bond acceptors (Lipinski definition) is 3. The van der Waals surface area contributed by atoms with E-state index in [1.54, 1.807) is 6.92 Å². The van der Waals surface area contributed by atoms with Gasteiger partial charge in [0.15, 0.2) is 5.78 Å². The van der Waals surface area contributed by atoms with Crippen LogP contribution in [0.3, 0.4) is 0 Å². The maximum atomic E-state index is 11.2. The van der Waals surface area contributed by atoms with E-state index in [0.29, 0.717) is 0 Å². The second-order valence-electron chi connectivity index (χ2n) is 3.85. The number of hydrogen-bond donors (Lipinski definition) is 0. The zero-order valence-electron chi connectivity index (χ0n) is 9.25. The van der Waals surface area contributed by atoms with Crippen molar-refractivity contribution in [3.05, 3.63) is 46.9 Å². The minimum absolute atomic E-state index is 0.102. The number of thiophene rings is 1. The molecule has 3 nitrogen and oxygen atoms in total. The lowest BCUT2D eigenvalue weighted by molar-refractivity contribution is 0.102. The van der Waals surface area contributed by atoms with Gasteiger partial charge < -0.3 is 4.40 Å². The molecule has 0 aliphatic heterocycles. The number of carbonyl (C=O) groups excluding carboxylic acids is 1. The fourth-order valence-electron chi connectivity index (χ4n) is 1.73. The number of fused-ring (bicyclic) bond motifs is 1. The van der Waals surface area contributed by atoms with Gasteiger partial charge in [0.25, 0.3) is 0 Å². The molecule has 0 aromatic carbocycles. The van der Waals surface area contributed by atoms with Crippen molar-refractivity contribution in [1.82, 2.24) is 9.38 Å². The largest absolute Gasteiger partial charge is 0.306 e. The molecule has 0 bridgehead atoms. The van der Waals surface area contributed by atoms with Crippen LogP contribution in [-0.4, -0.2) is 15.2 Å². The average molecular weight is 242 g/mol. The van der Waals surface area contributed by atoms with Crippen molar-refractivity contribution in [1.29, 1.82) is 0 Å². The first kappa shape index (κ1) is 10.2. The first-order valence-corrected chi connectivity index (χ1v) is 6.15. The Morgan fingerprint density at radius 3 is 3.00 bits per heavy atom. The molecule has 84 valence electrons. The second-order valence-corrected chi connectivity index (χ2v) is 4.76. The predicted octanol–water partition coefficient (Wildman–Crippen LogP) is 3.27. The summed E-state index contributed by atoms with van der Waals surface area (Å²) in [4.78, 5) is 16.5. The SMILES string of the molecule is CC(=O)c1cc(-c2cn3ccccc3n2)cs1. The molecule has 3 heterocycles. The van der Waals surface area contributed by atoms with E-state index >= 15 is 0 Å². The molecule has 0 N–H and O–H groups in total. The van der Waals surface area contributed by atoms with E-state index in [4.69, 9.17) is 0 Å². The van der Waals surface area contributed by atoms with Crippen molar-refractivity contribution in [3.63, 3.8) is 0 Å². The monoisotopic (exact) mass is 242 g/mol. The molecular formula is C13H10N2OS. The van der Waals surface area contributed by atoms with Crippen LogP contribution in [0.2, 0.25) is 0 Å². The summed E-state index contributed by atoms with van der Waals surface area (Å²) >= 11 is 1.46. The fraction of sp³-hybridized carbons (Fsp3) is 0.0769. The van der Waals surface area contributed by atoms with Crippen LogP contribution in [0.5, 0.6) is 0 Å². The van der Waals surface area contributed by atoms with Gasteiger partial charge in [0, 0.05) is 23.3 Å². The van der Waals surface area contributed by atoms with Gasteiger partial charge in [0.2, 0.25) is 0 Å². The maximum Gasteiger partial charge on any atom is 0.169 e. The number of ketones is 1. The summed E-state index contributed by atoms with van der Waals surface area (Å²) in [6.07, 6.45) is 3.94. The van der Waals surface area contributed by atoms with Gasteiger partial charge in [-0.2, -0.15) is 0 Å². The highest BCUT2D eigenvalue weighted by Crippen LogP contribution is 2.25. The van der Waals surface area contributed by atoms with E-state index in [9.17, 15) is 4.79 Å². The first-order valence-electron chi connectivity index (χ1n) is 5.27. The van der Waals surface area contributed by atoms with Gasteiger partial charge in [-0.1, -0.05) is 6.07 Å². The van der Waals surface area contributed by atoms with Gasteiger partial charge >= 0.3 is 0 Å². The van der Waals surface area contributed by atoms with E-state index in [1.807, 2.05) is 46.4 Å². The fourth-order valence-corrected chi connectivity index (χ4v) is 2.53. The van der Waals surface area contributed by atoms with Gasteiger partial charge in [-0.25, -0.2) is 4.98 Å². The highest BCUT2D eigenvalue weighted by molar-refractivity contribution is 7.12. The van der Waals surface area contributed by atoms with Crippen LogP contribution in [0, 0.1) is 0 Å². The molecule has 0 unspecified atom stereocenters. The quantitative estimate of drug-likeness (QED) is 0.646. The number of carbonyl (C=O) groups is 1. The standard InChI is InChI=1S/C13H10N2OS/c1-9(16)12-6-10(8-17-12)11-7-15-5-3-2-4-13(15)14-11/h2-8H,1H3. The van der Waals surface area contributed by atoms with Gasteiger partial charge in [-0.3, -0.25) is 4.79 Å². The van der Waals surface area contributed by atoms with Gasteiger partial charge in [0.05, 0.1) is 10.6 Å². The highest BCUT2D eigenvalue weighted by Gasteiger charge is 2.08. The molecular weight excluding hydrogens is 232 g/mol. The number of nitrogens with zero attached hydrogens (tertiary/aromatic N) is 2. The minimum atomic E-state index is 0.102. The van der Waals surface area contributed by atoms with E-state index < -0.39 is 0 Å². The summed E-state index contributed by atoms with van der Waals surface area (Å²) < 4.78 is 1.97. The molecule has 0 atom stereocenters. The Labute approximate surface area is 102 Å². The summed E-state index contributed by atoms with van der Waals surface area (Å²) in [5, 5.41) is 1.97. The van der Waals surface area contributed by atoms with Crippen LogP contribution in [0.15, 0.2) is 42.0 Å². The second kappa shape index (κ2) is 3.82. The van der Waals surface area contributed by atoms with Crippen molar-refractivity contribution in [3.8, 4) is 11.3 Å². The first-order chi connectivity index (χ1) is 8.24. The lowest BCUT2D eigenvalue weighted by Gasteiger charge is -1.87. The molecule has 0 amide bonds. The Kier molecular flexibility index (Phi) is 2.30. The van der Waals surface area contributed by atoms with Crippen LogP contribution in [0.4, 0.5) is 0 Å². The Morgan fingerprint density at radius 1 is 1.41 bits per heavy atom. The van der Waals surface area contributed by atoms with Crippen molar-refractivity contribution >= 4 is 22.8 Å². The number of pyridine rings is 1. The lowest BCUT2D eigenvalue weighted by Crippen LogP contribution is -1.84. The molecule has 0 saturated heterocycles. The minimum Gasteiger partial charge on any atom is -0.306 e. The zero-order chi connectivity index (χ0) is 11.8. The third-order valence-corrected chi connectivity index (χ3v) is 3.64. The molecule has 4 heteroatoms. The molecule has 0 spiro atoms. The highest BCUT2D eigenvalue weighted by atomic mass is 32.1. The molecule has 3 aromatic heterocycles. The zero-order valence-corrected chi connectivity index (χ0v) is 10.1. The molecule has 0 aliphatic carbocycles. The van der Waals surface area contributed by atoms with Crippen LogP contribution in [0.1, 0.15) is 16.6 Å². The molecule has 0 fully saturated rings. The molecule has 0 saturated carbocycles. The number of Topliss-reactive ketones (excluding diaryl/α,β-unsaturated/α-hetero) is 1. The van der Waals surface area contributed by atoms with Crippen molar-refractivity contribution < 1.29 is 4.79 Å². The van der Waals surface area contributed by atoms with E-state index in [1.165, 1.54) is 11.3 Å². The molecule has 0 radical (unpaired) electrons. The number of imidazole rings is 1. The Bertz CT molecular complexity index is 663. The summed E-state index contributed by atoms with van der Waals surface area (Å²) in [6.45, 7) is 1.58. The van der Waals surface area contributed by atoms with E-state index in [0.717, 1.165) is 21.8 Å². The van der Waals surface area contributed by atoms with Crippen molar-refractivity contribution in [2.75, 3.05) is 0 Å². The molecule has 3 rings (SSSR count). The van der Waals surface area contributed by atoms with Crippen LogP contribution in [-0.2, 0) is 0 Å². The van der Waals surface area contributed by atoms with Crippen LogP contribution < -0.4 is 0 Å². The van der Waals surface area contributed by atoms with E-state index in [2.05, 4.69) is 4.98 Å². The Balaban J connectivity index is 2.10. The predicted molar refractivity (Wildman–Crippen MR) is 68.5 cm³/mol. The summed E-state index contributed by atoms with van der Waals surface area (Å²) in [5.74, 6) is 0.102. The number of rotatable bonds is 2. The third kappa shape index (κ3) is 1.76. The molecule has 17 heavy (non-hydrogen) atoms. The van der Waals surface area contributed by atoms with Gasteiger partial charge in [-0.05, 0) is 25.1 Å². The Hall–Kier alpha value is -1.94. The van der Waals surface area contributed by atoms with Crippen molar-refractivity contribution in [2.24, 2.45) is 0 Å². The maximum absolute atomic E-state index is 11.2. The normalized spacial score (nSPS) is 10.9. The van der Waals surface area contributed by atoms with Gasteiger partial charge in [0.1, 0.15) is 5.65 Å². The number of aromatic nitrogens is 2. The van der Waals surface area contributed by atoms with E-state index in [-0.39, 0.29) is 5.78 Å². The van der Waals surface area contributed by atoms with Crippen LogP contribution in [0.25, 0.3) is 16.9 Å². The summed E-state index contributed by atoms with van der Waals surface area (Å²) in [6, 6.07) is 7.78. The molecule has 0 aliphatic rings. The summed E-state index contributed by atoms with van der Waals surface area (Å²) in [7, 11) is 0. The summed E-state index contributed by atoms with van der Waals surface area (Å²) in [5.41, 5.74) is 2.82. The Morgan fingerprint density at radius 2 is 2.29 bits per heavy atom. The van der Waals surface area contributed by atoms with Gasteiger partial charge in [-0.15, -0.1) is 11.3 Å². The smallest absolute Gasteiger partial charge is 0.169 e. The van der Waals surface area contributed by atoms with Crippen molar-refractivity contribution in [2.45, 2.75) is 6.92 Å². The average Bonchev–Trinajstić information content (AvgIpc) is 2.95.